The van der Waals surface area contributed by atoms with Crippen molar-refractivity contribution in [3.05, 3.63) is 54.0 Å². The smallest absolute Gasteiger partial charge is 0.337 e. The number of rotatable bonds is 5. The van der Waals surface area contributed by atoms with Crippen LogP contribution in [-0.2, 0) is 20.7 Å². The quantitative estimate of drug-likeness (QED) is 0.643. The van der Waals surface area contributed by atoms with Gasteiger partial charge >= 0.3 is 17.8 Å². The SMILES string of the molecule is COC(=O)c1ccc(NC(=O)C(=O)NC(C)Cc2ccco2)cc1. The largest absolute Gasteiger partial charge is 0.469 e. The van der Waals surface area contributed by atoms with Gasteiger partial charge in [0.15, 0.2) is 0 Å². The molecule has 0 radical (unpaired) electrons. The highest BCUT2D eigenvalue weighted by Gasteiger charge is 2.17. The molecular weight excluding hydrogens is 312 g/mol. The van der Waals surface area contributed by atoms with Crippen LogP contribution in [0, 0.1) is 0 Å². The zero-order valence-electron chi connectivity index (χ0n) is 13.4. The van der Waals surface area contributed by atoms with Crippen LogP contribution in [0.1, 0.15) is 23.0 Å². The van der Waals surface area contributed by atoms with Crippen molar-refractivity contribution >= 4 is 23.5 Å². The number of amides is 2. The van der Waals surface area contributed by atoms with Gasteiger partial charge in [-0.1, -0.05) is 0 Å². The second kappa shape index (κ2) is 7.96. The van der Waals surface area contributed by atoms with Crippen molar-refractivity contribution < 1.29 is 23.5 Å². The van der Waals surface area contributed by atoms with Crippen LogP contribution < -0.4 is 10.6 Å². The summed E-state index contributed by atoms with van der Waals surface area (Å²) in [6.07, 6.45) is 2.04. The van der Waals surface area contributed by atoms with Crippen molar-refractivity contribution in [1.82, 2.24) is 5.32 Å². The molecule has 24 heavy (non-hydrogen) atoms. The van der Waals surface area contributed by atoms with Crippen LogP contribution in [-0.4, -0.2) is 30.9 Å². The zero-order valence-corrected chi connectivity index (χ0v) is 13.4. The minimum atomic E-state index is -0.785. The molecular formula is C17H18N2O5. The number of carbonyl (C=O) groups is 3. The zero-order chi connectivity index (χ0) is 17.5. The topological polar surface area (TPSA) is 97.6 Å². The van der Waals surface area contributed by atoms with Gasteiger partial charge in [0.05, 0.1) is 18.9 Å². The molecule has 2 rings (SSSR count). The molecule has 126 valence electrons. The Kier molecular flexibility index (Phi) is 5.73. The van der Waals surface area contributed by atoms with Crippen molar-refractivity contribution in [3.63, 3.8) is 0 Å². The molecule has 2 N–H and O–H groups in total. The van der Waals surface area contributed by atoms with E-state index < -0.39 is 17.8 Å². The Morgan fingerprint density at radius 1 is 1.12 bits per heavy atom. The predicted octanol–water partition coefficient (Wildman–Crippen LogP) is 1.75. The number of methoxy groups -OCH3 is 1. The van der Waals surface area contributed by atoms with E-state index in [1.807, 2.05) is 0 Å². The van der Waals surface area contributed by atoms with Crippen molar-refractivity contribution in [2.45, 2.75) is 19.4 Å². The fourth-order valence-electron chi connectivity index (χ4n) is 2.07. The first-order valence-electron chi connectivity index (χ1n) is 7.32. The molecule has 0 bridgehead atoms. The van der Waals surface area contributed by atoms with Crippen molar-refractivity contribution in [2.24, 2.45) is 0 Å². The fourth-order valence-corrected chi connectivity index (χ4v) is 2.07. The minimum absolute atomic E-state index is 0.254. The molecule has 1 aromatic heterocycles. The molecule has 0 aliphatic carbocycles. The predicted molar refractivity (Wildman–Crippen MR) is 86.4 cm³/mol. The molecule has 1 aromatic carbocycles. The summed E-state index contributed by atoms with van der Waals surface area (Å²) in [6.45, 7) is 1.78. The van der Waals surface area contributed by atoms with E-state index in [1.54, 1.807) is 25.3 Å². The highest BCUT2D eigenvalue weighted by atomic mass is 16.5. The van der Waals surface area contributed by atoms with E-state index in [0.717, 1.165) is 5.76 Å². The Balaban J connectivity index is 1.86. The minimum Gasteiger partial charge on any atom is -0.469 e. The third-order valence-corrected chi connectivity index (χ3v) is 3.24. The van der Waals surface area contributed by atoms with E-state index in [-0.39, 0.29) is 6.04 Å². The van der Waals surface area contributed by atoms with Crippen LogP contribution in [0.3, 0.4) is 0 Å². The molecule has 7 nitrogen and oxygen atoms in total. The second-order valence-corrected chi connectivity index (χ2v) is 5.18. The molecule has 2 amide bonds. The molecule has 0 fully saturated rings. The molecule has 0 saturated carbocycles. The number of anilines is 1. The van der Waals surface area contributed by atoms with E-state index in [1.165, 1.54) is 31.4 Å². The highest BCUT2D eigenvalue weighted by molar-refractivity contribution is 6.39. The van der Waals surface area contributed by atoms with Gasteiger partial charge in [0.1, 0.15) is 5.76 Å². The lowest BCUT2D eigenvalue weighted by Gasteiger charge is -2.12. The first kappa shape index (κ1) is 17.3. The van der Waals surface area contributed by atoms with Gasteiger partial charge < -0.3 is 19.8 Å². The molecule has 1 atom stereocenters. The van der Waals surface area contributed by atoms with Gasteiger partial charge in [-0.3, -0.25) is 9.59 Å². The molecule has 0 spiro atoms. The van der Waals surface area contributed by atoms with E-state index >= 15 is 0 Å². The van der Waals surface area contributed by atoms with Gasteiger partial charge in [-0.2, -0.15) is 0 Å². The van der Waals surface area contributed by atoms with Gasteiger partial charge in [0.2, 0.25) is 0 Å². The van der Waals surface area contributed by atoms with Crippen LogP contribution in [0.4, 0.5) is 5.69 Å². The number of esters is 1. The third kappa shape index (κ3) is 4.70. The Hall–Kier alpha value is -3.09. The average molecular weight is 330 g/mol. The van der Waals surface area contributed by atoms with Gasteiger partial charge in [-0.15, -0.1) is 0 Å². The number of hydrogen-bond donors (Lipinski definition) is 2. The van der Waals surface area contributed by atoms with Gasteiger partial charge in [-0.25, -0.2) is 4.79 Å². The monoisotopic (exact) mass is 330 g/mol. The number of furan rings is 1. The Morgan fingerprint density at radius 2 is 1.83 bits per heavy atom. The molecule has 2 aromatic rings. The van der Waals surface area contributed by atoms with Gasteiger partial charge in [-0.05, 0) is 43.3 Å². The van der Waals surface area contributed by atoms with Gasteiger partial charge in [0.25, 0.3) is 0 Å². The van der Waals surface area contributed by atoms with Crippen molar-refractivity contribution in [2.75, 3.05) is 12.4 Å². The summed E-state index contributed by atoms with van der Waals surface area (Å²) < 4.78 is 9.78. The molecule has 0 aliphatic heterocycles. The lowest BCUT2D eigenvalue weighted by molar-refractivity contribution is -0.136. The summed E-state index contributed by atoms with van der Waals surface area (Å²) in [4.78, 5) is 35.1. The molecule has 1 unspecified atom stereocenters. The van der Waals surface area contributed by atoms with Crippen molar-refractivity contribution in [1.29, 1.82) is 0 Å². The van der Waals surface area contributed by atoms with Crippen LogP contribution in [0.25, 0.3) is 0 Å². The first-order chi connectivity index (χ1) is 11.5. The average Bonchev–Trinajstić information content (AvgIpc) is 3.07. The second-order valence-electron chi connectivity index (χ2n) is 5.18. The van der Waals surface area contributed by atoms with Crippen LogP contribution >= 0.6 is 0 Å². The summed E-state index contributed by atoms with van der Waals surface area (Å²) >= 11 is 0. The van der Waals surface area contributed by atoms with Crippen LogP contribution in [0.2, 0.25) is 0 Å². The fraction of sp³-hybridized carbons (Fsp3) is 0.235. The number of benzene rings is 1. The Bertz CT molecular complexity index is 707. The Labute approximate surface area is 139 Å². The van der Waals surface area contributed by atoms with E-state index in [9.17, 15) is 14.4 Å². The van der Waals surface area contributed by atoms with E-state index in [2.05, 4.69) is 15.4 Å². The maximum absolute atomic E-state index is 11.9. The normalized spacial score (nSPS) is 11.4. The summed E-state index contributed by atoms with van der Waals surface area (Å²) in [5, 5.41) is 5.06. The summed E-state index contributed by atoms with van der Waals surface area (Å²) in [5.74, 6) is -1.28. The Morgan fingerprint density at radius 3 is 2.42 bits per heavy atom. The summed E-state index contributed by atoms with van der Waals surface area (Å²) in [7, 11) is 1.28. The third-order valence-electron chi connectivity index (χ3n) is 3.24. The van der Waals surface area contributed by atoms with Crippen LogP contribution in [0.15, 0.2) is 47.1 Å². The highest BCUT2D eigenvalue weighted by Crippen LogP contribution is 2.10. The van der Waals surface area contributed by atoms with Crippen molar-refractivity contribution in [3.8, 4) is 0 Å². The molecule has 0 saturated heterocycles. The van der Waals surface area contributed by atoms with Gasteiger partial charge in [0, 0.05) is 18.2 Å². The molecule has 1 heterocycles. The molecule has 0 aliphatic rings. The number of hydrogen-bond acceptors (Lipinski definition) is 5. The lowest BCUT2D eigenvalue weighted by atomic mass is 10.2. The van der Waals surface area contributed by atoms with Crippen LogP contribution in [0.5, 0.6) is 0 Å². The standard InChI is InChI=1S/C17H18N2O5/c1-11(10-14-4-3-9-24-14)18-15(20)16(21)19-13-7-5-12(6-8-13)17(22)23-2/h3-9,11H,10H2,1-2H3,(H,18,20)(H,19,21). The van der Waals surface area contributed by atoms with E-state index in [0.29, 0.717) is 17.7 Å². The number of carbonyl (C=O) groups excluding carboxylic acids is 3. The molecule has 7 heteroatoms. The summed E-state index contributed by atoms with van der Waals surface area (Å²) in [5.41, 5.74) is 0.758. The summed E-state index contributed by atoms with van der Waals surface area (Å²) in [6, 6.07) is 9.34. The van der Waals surface area contributed by atoms with E-state index in [4.69, 9.17) is 4.42 Å². The maximum Gasteiger partial charge on any atom is 0.337 e. The number of nitrogens with one attached hydrogen (secondary N) is 2. The maximum atomic E-state index is 11.9. The lowest BCUT2D eigenvalue weighted by Crippen LogP contribution is -2.41. The number of ether oxygens (including phenoxy) is 1. The first-order valence-corrected chi connectivity index (χ1v) is 7.32.